The molecule has 1 amide bonds. The highest BCUT2D eigenvalue weighted by Gasteiger charge is 2.59. The Hall–Kier alpha value is -3.28. The molecule has 1 aliphatic heterocycles. The number of carbonyl (C=O) groups is 1. The third-order valence-corrected chi connectivity index (χ3v) is 8.47. The van der Waals surface area contributed by atoms with Crippen LogP contribution >= 0.6 is 0 Å². The van der Waals surface area contributed by atoms with Gasteiger partial charge in [-0.1, -0.05) is 24.1 Å². The van der Waals surface area contributed by atoms with Gasteiger partial charge in [0.1, 0.15) is 5.75 Å². The van der Waals surface area contributed by atoms with Crippen molar-refractivity contribution in [2.24, 2.45) is 0 Å². The molecule has 3 atom stereocenters. The SMILES string of the molecule is C=CCN1CC[C@@]2(c3cccc(OC)c3)C[C@H](N(C)C(=O)C#Cc3ccc(C(F)(F)F)cc3)CC[C@]2(OC)C1. The highest BCUT2D eigenvalue weighted by atomic mass is 19.4. The van der Waals surface area contributed by atoms with E-state index < -0.39 is 17.3 Å². The van der Waals surface area contributed by atoms with Gasteiger partial charge < -0.3 is 14.4 Å². The molecule has 0 bridgehead atoms. The maximum absolute atomic E-state index is 13.1. The van der Waals surface area contributed by atoms with Crippen LogP contribution in [0.1, 0.15) is 42.4 Å². The van der Waals surface area contributed by atoms with Gasteiger partial charge in [-0.3, -0.25) is 9.69 Å². The standard InChI is InChI=1S/C31H35F3N2O3/c1-5-18-36-19-17-29(25-7-6-8-27(20-25)38-3)21-26(15-16-30(29,22-36)39-4)35(2)28(37)14-11-23-9-12-24(13-10-23)31(32,33)34/h5-10,12-13,20,26H,1,15-19,21-22H2,2-4H3/t26-,29+,30+/m1/s1. The van der Waals surface area contributed by atoms with Gasteiger partial charge in [-0.05, 0) is 74.2 Å². The molecule has 0 aromatic heterocycles. The van der Waals surface area contributed by atoms with Crippen molar-refractivity contribution < 1.29 is 27.4 Å². The molecule has 8 heteroatoms. The number of piperidine rings is 1. The third-order valence-electron chi connectivity index (χ3n) is 8.47. The minimum atomic E-state index is -4.42. The maximum atomic E-state index is 13.1. The zero-order valence-electron chi connectivity index (χ0n) is 22.7. The Balaban J connectivity index is 1.61. The fourth-order valence-electron chi connectivity index (χ4n) is 6.28. The molecule has 2 fully saturated rings. The number of amides is 1. The highest BCUT2D eigenvalue weighted by molar-refractivity contribution is 5.94. The van der Waals surface area contributed by atoms with E-state index in [1.807, 2.05) is 18.2 Å². The summed E-state index contributed by atoms with van der Waals surface area (Å²) < 4.78 is 50.5. The molecule has 0 radical (unpaired) electrons. The Morgan fingerprint density at radius 3 is 2.59 bits per heavy atom. The minimum Gasteiger partial charge on any atom is -0.497 e. The van der Waals surface area contributed by atoms with Gasteiger partial charge in [0.05, 0.1) is 18.3 Å². The normalized spacial score (nSPS) is 25.1. The first-order valence-corrected chi connectivity index (χ1v) is 13.1. The molecule has 39 heavy (non-hydrogen) atoms. The van der Waals surface area contributed by atoms with E-state index in [1.54, 1.807) is 26.2 Å². The van der Waals surface area contributed by atoms with Crippen LogP contribution in [-0.4, -0.2) is 68.3 Å². The van der Waals surface area contributed by atoms with Crippen LogP contribution in [0, 0.1) is 11.8 Å². The van der Waals surface area contributed by atoms with Crippen LogP contribution in [0.2, 0.25) is 0 Å². The summed E-state index contributed by atoms with van der Waals surface area (Å²) in [5.74, 6) is 5.76. The van der Waals surface area contributed by atoms with Gasteiger partial charge in [0.25, 0.3) is 5.91 Å². The molecule has 5 nitrogen and oxygen atoms in total. The van der Waals surface area contributed by atoms with E-state index in [0.29, 0.717) is 12.0 Å². The lowest BCUT2D eigenvalue weighted by Crippen LogP contribution is -2.68. The minimum absolute atomic E-state index is 0.0835. The Morgan fingerprint density at radius 1 is 1.21 bits per heavy atom. The lowest BCUT2D eigenvalue weighted by atomic mass is 9.55. The Labute approximate surface area is 228 Å². The van der Waals surface area contributed by atoms with Crippen molar-refractivity contribution in [3.63, 3.8) is 0 Å². The number of ether oxygens (including phenoxy) is 2. The van der Waals surface area contributed by atoms with Crippen molar-refractivity contribution >= 4 is 5.91 Å². The zero-order chi connectivity index (χ0) is 28.3. The first-order valence-electron chi connectivity index (χ1n) is 13.1. The molecule has 0 N–H and O–H groups in total. The van der Waals surface area contributed by atoms with Gasteiger partial charge in [0.2, 0.25) is 0 Å². The number of likely N-dealkylation sites (tertiary alicyclic amines) is 1. The molecule has 1 saturated heterocycles. The molecule has 0 unspecified atom stereocenters. The fraction of sp³-hybridized carbons (Fsp3) is 0.452. The predicted octanol–water partition coefficient (Wildman–Crippen LogP) is 5.29. The number of halogens is 3. The smallest absolute Gasteiger partial charge is 0.416 e. The summed E-state index contributed by atoms with van der Waals surface area (Å²) in [6.45, 7) is 6.31. The van der Waals surface area contributed by atoms with E-state index in [0.717, 1.165) is 62.3 Å². The first-order chi connectivity index (χ1) is 18.6. The zero-order valence-corrected chi connectivity index (χ0v) is 22.7. The topological polar surface area (TPSA) is 42.0 Å². The molecule has 2 aliphatic rings. The van der Waals surface area contributed by atoms with Gasteiger partial charge >= 0.3 is 6.18 Å². The summed E-state index contributed by atoms with van der Waals surface area (Å²) in [6.07, 6.45) is 0.530. The van der Waals surface area contributed by atoms with Crippen LogP contribution in [0.4, 0.5) is 13.2 Å². The average Bonchev–Trinajstić information content (AvgIpc) is 2.95. The molecule has 2 aromatic rings. The lowest BCUT2D eigenvalue weighted by Gasteiger charge is -2.60. The number of rotatable bonds is 6. The summed E-state index contributed by atoms with van der Waals surface area (Å²) in [4.78, 5) is 17.2. The number of methoxy groups -OCH3 is 2. The van der Waals surface area contributed by atoms with Crippen LogP contribution in [0.5, 0.6) is 5.75 Å². The summed E-state index contributed by atoms with van der Waals surface area (Å²) >= 11 is 0. The summed E-state index contributed by atoms with van der Waals surface area (Å²) in [7, 11) is 5.18. The van der Waals surface area contributed by atoms with E-state index >= 15 is 0 Å². The number of alkyl halides is 3. The monoisotopic (exact) mass is 540 g/mol. The van der Waals surface area contributed by atoms with Crippen LogP contribution in [0.3, 0.4) is 0 Å². The van der Waals surface area contributed by atoms with Crippen LogP contribution in [0.25, 0.3) is 0 Å². The second-order valence-corrected chi connectivity index (χ2v) is 10.4. The summed E-state index contributed by atoms with van der Waals surface area (Å²) in [6, 6.07) is 12.5. The quantitative estimate of drug-likeness (QED) is 0.369. The number of carbonyl (C=O) groups excluding carboxylic acids is 1. The predicted molar refractivity (Wildman–Crippen MR) is 144 cm³/mol. The van der Waals surface area contributed by atoms with Crippen molar-refractivity contribution in [1.82, 2.24) is 9.80 Å². The molecule has 208 valence electrons. The van der Waals surface area contributed by atoms with Gasteiger partial charge in [0.15, 0.2) is 0 Å². The molecular weight excluding hydrogens is 505 g/mol. The van der Waals surface area contributed by atoms with Crippen molar-refractivity contribution in [2.75, 3.05) is 40.9 Å². The summed E-state index contributed by atoms with van der Waals surface area (Å²) in [5, 5.41) is 0. The molecule has 2 aromatic carbocycles. The fourth-order valence-corrected chi connectivity index (χ4v) is 6.28. The van der Waals surface area contributed by atoms with E-state index in [2.05, 4.69) is 35.5 Å². The largest absolute Gasteiger partial charge is 0.497 e. The van der Waals surface area contributed by atoms with Crippen molar-refractivity contribution in [3.05, 3.63) is 77.9 Å². The first kappa shape index (κ1) is 28.7. The number of nitrogens with zero attached hydrogens (tertiary/aromatic N) is 2. The Bertz CT molecular complexity index is 1250. The maximum Gasteiger partial charge on any atom is 0.416 e. The Morgan fingerprint density at radius 2 is 1.95 bits per heavy atom. The van der Waals surface area contributed by atoms with Gasteiger partial charge in [-0.2, -0.15) is 13.2 Å². The third kappa shape index (κ3) is 5.70. The average molecular weight is 541 g/mol. The van der Waals surface area contributed by atoms with E-state index in [-0.39, 0.29) is 17.4 Å². The number of benzene rings is 2. The number of hydrogen-bond donors (Lipinski definition) is 0. The molecule has 1 saturated carbocycles. The second kappa shape index (κ2) is 11.4. The molecule has 4 rings (SSSR count). The molecule has 1 heterocycles. The Kier molecular flexibility index (Phi) is 8.43. The van der Waals surface area contributed by atoms with E-state index in [4.69, 9.17) is 9.47 Å². The van der Waals surface area contributed by atoms with Crippen LogP contribution in [0.15, 0.2) is 61.2 Å². The number of hydrogen-bond acceptors (Lipinski definition) is 4. The molecular formula is C31H35F3N2O3. The second-order valence-electron chi connectivity index (χ2n) is 10.4. The van der Waals surface area contributed by atoms with E-state index in [9.17, 15) is 18.0 Å². The van der Waals surface area contributed by atoms with Crippen molar-refractivity contribution in [3.8, 4) is 17.6 Å². The van der Waals surface area contributed by atoms with E-state index in [1.165, 1.54) is 12.1 Å². The van der Waals surface area contributed by atoms with Gasteiger partial charge in [-0.25, -0.2) is 0 Å². The van der Waals surface area contributed by atoms with Gasteiger partial charge in [-0.15, -0.1) is 6.58 Å². The highest BCUT2D eigenvalue weighted by Crippen LogP contribution is 2.54. The van der Waals surface area contributed by atoms with Crippen LogP contribution in [-0.2, 0) is 21.1 Å². The lowest BCUT2D eigenvalue weighted by molar-refractivity contribution is -0.157. The number of fused-ring (bicyclic) bond motifs is 1. The van der Waals surface area contributed by atoms with Gasteiger partial charge in [0, 0.05) is 50.2 Å². The molecule has 0 spiro atoms. The van der Waals surface area contributed by atoms with Crippen molar-refractivity contribution in [2.45, 2.75) is 48.9 Å². The summed E-state index contributed by atoms with van der Waals surface area (Å²) in [5.41, 5.74) is -0.0704. The van der Waals surface area contributed by atoms with Crippen LogP contribution < -0.4 is 4.74 Å². The molecule has 1 aliphatic carbocycles. The van der Waals surface area contributed by atoms with Crippen molar-refractivity contribution in [1.29, 1.82) is 0 Å².